The number of aliphatic imine (C=N–C) groups is 1. The third-order valence-corrected chi connectivity index (χ3v) is 5.05. The summed E-state index contributed by atoms with van der Waals surface area (Å²) >= 11 is 0. The van der Waals surface area contributed by atoms with Crippen molar-refractivity contribution in [1.82, 2.24) is 5.43 Å². The monoisotopic (exact) mass is 387 g/mol. The van der Waals surface area contributed by atoms with Gasteiger partial charge in [-0.2, -0.15) is 5.10 Å². The number of benzene rings is 2. The highest BCUT2D eigenvalue weighted by molar-refractivity contribution is 6.12. The van der Waals surface area contributed by atoms with Gasteiger partial charge in [0.15, 0.2) is 0 Å². The summed E-state index contributed by atoms with van der Waals surface area (Å²) in [4.78, 5) is 16.0. The van der Waals surface area contributed by atoms with Crippen LogP contribution in [0, 0.1) is 5.92 Å². The fraction of sp³-hybridized carbons (Fsp3) is 0.174. The van der Waals surface area contributed by atoms with Gasteiger partial charge in [-0.15, -0.1) is 0 Å². The van der Waals surface area contributed by atoms with Crippen LogP contribution in [0.2, 0.25) is 0 Å². The molecule has 2 N–H and O–H groups in total. The SMILES string of the molecule is C=Nc1ccc2c(C3=CCC(C)C=C3C(=O)O)c3cc/c(=N\NC)cc-3oc2c1. The Morgan fingerprint density at radius 2 is 2.10 bits per heavy atom. The van der Waals surface area contributed by atoms with Crippen LogP contribution in [-0.4, -0.2) is 24.8 Å². The van der Waals surface area contributed by atoms with Gasteiger partial charge in [0.1, 0.15) is 11.3 Å². The quantitative estimate of drug-likeness (QED) is 0.396. The van der Waals surface area contributed by atoms with E-state index < -0.39 is 5.97 Å². The average Bonchev–Trinajstić information content (AvgIpc) is 2.72. The Morgan fingerprint density at radius 1 is 1.28 bits per heavy atom. The van der Waals surface area contributed by atoms with E-state index in [9.17, 15) is 9.90 Å². The van der Waals surface area contributed by atoms with E-state index in [1.165, 1.54) is 0 Å². The molecule has 0 radical (unpaired) electrons. The Bertz CT molecular complexity index is 1230. The van der Waals surface area contributed by atoms with Crippen molar-refractivity contribution in [2.45, 2.75) is 13.3 Å². The third kappa shape index (κ3) is 3.33. The summed E-state index contributed by atoms with van der Waals surface area (Å²) in [6, 6.07) is 11.2. The van der Waals surface area contributed by atoms with Crippen LogP contribution in [0.15, 0.2) is 68.6 Å². The zero-order chi connectivity index (χ0) is 20.5. The van der Waals surface area contributed by atoms with Crippen molar-refractivity contribution >= 4 is 34.9 Å². The van der Waals surface area contributed by atoms with Gasteiger partial charge in [-0.3, -0.25) is 4.99 Å². The maximum atomic E-state index is 12.0. The lowest BCUT2D eigenvalue weighted by Crippen LogP contribution is -2.12. The zero-order valence-corrected chi connectivity index (χ0v) is 16.3. The molecule has 1 aromatic carbocycles. The molecule has 0 aromatic heterocycles. The van der Waals surface area contributed by atoms with Gasteiger partial charge in [0.25, 0.3) is 0 Å². The standard InChI is InChI=1S/C23H21N3O3/c1-13-4-7-16(19(10-13)23(27)28)22-17-8-5-14(24-2)11-20(17)29-21-12-15(26-25-3)6-9-18(21)22/h5-13,25H,2,4H2,1,3H3,(H,27,28)/b26-15+. The van der Waals surface area contributed by atoms with Crippen LogP contribution >= 0.6 is 0 Å². The van der Waals surface area contributed by atoms with E-state index in [1.54, 1.807) is 7.05 Å². The van der Waals surface area contributed by atoms with Crippen LogP contribution in [0.5, 0.6) is 0 Å². The number of carbonyl (C=O) groups is 1. The smallest absolute Gasteiger partial charge is 0.335 e. The number of carboxylic acids is 1. The number of allylic oxidation sites excluding steroid dienone is 2. The van der Waals surface area contributed by atoms with E-state index >= 15 is 0 Å². The van der Waals surface area contributed by atoms with Crippen molar-refractivity contribution in [2.24, 2.45) is 16.0 Å². The molecule has 3 aliphatic rings. The summed E-state index contributed by atoms with van der Waals surface area (Å²) in [5.41, 5.74) is 6.76. The Labute approximate surface area is 167 Å². The van der Waals surface area contributed by atoms with Crippen molar-refractivity contribution in [1.29, 1.82) is 0 Å². The number of carboxylic acid groups (broad SMARTS) is 1. The molecule has 0 amide bonds. The second-order valence-electron chi connectivity index (χ2n) is 7.05. The molecule has 1 heterocycles. The molecular formula is C23H21N3O3. The second-order valence-corrected chi connectivity index (χ2v) is 7.05. The first-order valence-corrected chi connectivity index (χ1v) is 9.35. The molecule has 146 valence electrons. The van der Waals surface area contributed by atoms with Crippen LogP contribution in [0.1, 0.15) is 18.9 Å². The maximum absolute atomic E-state index is 12.0. The van der Waals surface area contributed by atoms with E-state index in [0.29, 0.717) is 33.5 Å². The molecule has 29 heavy (non-hydrogen) atoms. The molecule has 1 aromatic rings. The molecular weight excluding hydrogens is 366 g/mol. The molecule has 0 fully saturated rings. The molecule has 1 atom stereocenters. The molecule has 0 saturated carbocycles. The first kappa shape index (κ1) is 18.7. The Balaban J connectivity index is 2.10. The van der Waals surface area contributed by atoms with E-state index in [4.69, 9.17) is 4.42 Å². The van der Waals surface area contributed by atoms with E-state index in [2.05, 4.69) is 22.2 Å². The van der Waals surface area contributed by atoms with Crippen molar-refractivity contribution in [3.63, 3.8) is 0 Å². The lowest BCUT2D eigenvalue weighted by molar-refractivity contribution is -0.132. The topological polar surface area (TPSA) is 87.2 Å². The predicted octanol–water partition coefficient (Wildman–Crippen LogP) is 4.34. The number of hydrogen-bond acceptors (Lipinski definition) is 5. The average molecular weight is 387 g/mol. The molecule has 0 spiro atoms. The minimum Gasteiger partial charge on any atom is -0.478 e. The third-order valence-electron chi connectivity index (χ3n) is 5.05. The van der Waals surface area contributed by atoms with Gasteiger partial charge in [-0.05, 0) is 48.9 Å². The number of rotatable bonds is 4. The summed E-state index contributed by atoms with van der Waals surface area (Å²) in [5.74, 6) is -0.140. The van der Waals surface area contributed by atoms with Gasteiger partial charge in [-0.25, -0.2) is 4.79 Å². The van der Waals surface area contributed by atoms with Gasteiger partial charge in [0.2, 0.25) is 0 Å². The van der Waals surface area contributed by atoms with Crippen LogP contribution in [0.4, 0.5) is 5.69 Å². The van der Waals surface area contributed by atoms with Crippen LogP contribution < -0.4 is 10.8 Å². The number of fused-ring (bicyclic) bond motifs is 2. The minimum atomic E-state index is -0.934. The van der Waals surface area contributed by atoms with E-state index in [0.717, 1.165) is 22.9 Å². The largest absolute Gasteiger partial charge is 0.478 e. The van der Waals surface area contributed by atoms with Crippen molar-refractivity contribution in [2.75, 3.05) is 7.05 Å². The Kier molecular flexibility index (Phi) is 4.76. The highest BCUT2D eigenvalue weighted by Gasteiger charge is 2.26. The number of nitrogens with one attached hydrogen (secondary N) is 1. The van der Waals surface area contributed by atoms with Crippen LogP contribution in [0.3, 0.4) is 0 Å². The van der Waals surface area contributed by atoms with Gasteiger partial charge in [0.05, 0.1) is 16.6 Å². The zero-order valence-electron chi connectivity index (χ0n) is 16.3. The fourth-order valence-corrected chi connectivity index (χ4v) is 3.73. The van der Waals surface area contributed by atoms with E-state index in [-0.39, 0.29) is 5.92 Å². The lowest BCUT2D eigenvalue weighted by Gasteiger charge is -2.22. The number of nitrogens with zero attached hydrogens (tertiary/aromatic N) is 2. The number of aliphatic carboxylic acids is 1. The van der Waals surface area contributed by atoms with E-state index in [1.807, 2.05) is 55.5 Å². The molecule has 4 rings (SSSR count). The maximum Gasteiger partial charge on any atom is 0.335 e. The molecule has 2 aliphatic carbocycles. The van der Waals surface area contributed by atoms with Gasteiger partial charge in [-0.1, -0.05) is 19.1 Å². The first-order chi connectivity index (χ1) is 14.0. The Hall–Kier alpha value is -3.67. The molecule has 1 aliphatic heterocycles. The predicted molar refractivity (Wildman–Crippen MR) is 114 cm³/mol. The van der Waals surface area contributed by atoms with Crippen LogP contribution in [0.25, 0.3) is 27.9 Å². The summed E-state index contributed by atoms with van der Waals surface area (Å²) in [5, 5.41) is 15.6. The summed E-state index contributed by atoms with van der Waals surface area (Å²) < 4.78 is 6.15. The van der Waals surface area contributed by atoms with Crippen molar-refractivity contribution < 1.29 is 14.3 Å². The normalized spacial score (nSPS) is 17.2. The van der Waals surface area contributed by atoms with Crippen molar-refractivity contribution in [3.8, 4) is 11.3 Å². The van der Waals surface area contributed by atoms with Crippen LogP contribution in [-0.2, 0) is 4.79 Å². The first-order valence-electron chi connectivity index (χ1n) is 9.35. The number of hydrogen-bond donors (Lipinski definition) is 2. The molecule has 0 saturated heterocycles. The minimum absolute atomic E-state index is 0.174. The highest BCUT2D eigenvalue weighted by Crippen LogP contribution is 2.42. The summed E-state index contributed by atoms with van der Waals surface area (Å²) in [6.07, 6.45) is 4.61. The molecule has 6 nitrogen and oxygen atoms in total. The fourth-order valence-electron chi connectivity index (χ4n) is 3.73. The summed E-state index contributed by atoms with van der Waals surface area (Å²) in [6.45, 7) is 5.60. The van der Waals surface area contributed by atoms with Gasteiger partial charge >= 0.3 is 5.97 Å². The summed E-state index contributed by atoms with van der Waals surface area (Å²) in [7, 11) is 1.73. The Morgan fingerprint density at radius 3 is 2.83 bits per heavy atom. The highest BCUT2D eigenvalue weighted by atomic mass is 16.4. The molecule has 6 heteroatoms. The van der Waals surface area contributed by atoms with Gasteiger partial charge in [0, 0.05) is 35.7 Å². The molecule has 1 unspecified atom stereocenters. The van der Waals surface area contributed by atoms with Gasteiger partial charge < -0.3 is 14.9 Å². The molecule has 0 bridgehead atoms. The lowest BCUT2D eigenvalue weighted by atomic mass is 9.83. The van der Waals surface area contributed by atoms with Crippen molar-refractivity contribution in [3.05, 3.63) is 65.0 Å². The second kappa shape index (κ2) is 7.39.